The number of imidazole rings is 1. The SMILES string of the molecule is Cn1cccc1C(=O)Nc1nccn1C. The minimum Gasteiger partial charge on any atom is -0.347 e. The molecular weight excluding hydrogens is 192 g/mol. The Labute approximate surface area is 87.4 Å². The van der Waals surface area contributed by atoms with Gasteiger partial charge in [0.05, 0.1) is 0 Å². The van der Waals surface area contributed by atoms with E-state index in [1.54, 1.807) is 27.6 Å². The largest absolute Gasteiger partial charge is 0.347 e. The standard InChI is InChI=1S/C10H12N4O/c1-13-6-3-4-8(13)9(15)12-10-11-5-7-14(10)2/h3-7H,1-2H3,(H,11,12,15). The first-order chi connectivity index (χ1) is 7.18. The number of hydrogen-bond acceptors (Lipinski definition) is 2. The summed E-state index contributed by atoms with van der Waals surface area (Å²) in [4.78, 5) is 15.8. The lowest BCUT2D eigenvalue weighted by atomic mass is 10.4. The van der Waals surface area contributed by atoms with Crippen LogP contribution in [0.5, 0.6) is 0 Å². The molecule has 0 saturated carbocycles. The molecule has 15 heavy (non-hydrogen) atoms. The second kappa shape index (κ2) is 3.61. The molecule has 0 fully saturated rings. The molecule has 0 aliphatic heterocycles. The highest BCUT2D eigenvalue weighted by Gasteiger charge is 2.10. The maximum atomic E-state index is 11.8. The third kappa shape index (κ3) is 1.76. The first kappa shape index (κ1) is 9.51. The zero-order valence-corrected chi connectivity index (χ0v) is 8.64. The second-order valence-corrected chi connectivity index (χ2v) is 3.32. The molecule has 2 heterocycles. The molecule has 1 amide bonds. The fourth-order valence-corrected chi connectivity index (χ4v) is 1.35. The van der Waals surface area contributed by atoms with Crippen LogP contribution < -0.4 is 5.32 Å². The molecule has 0 unspecified atom stereocenters. The summed E-state index contributed by atoms with van der Waals surface area (Å²) in [6.45, 7) is 0. The van der Waals surface area contributed by atoms with Crippen molar-refractivity contribution >= 4 is 11.9 Å². The van der Waals surface area contributed by atoms with Crippen molar-refractivity contribution in [3.05, 3.63) is 36.4 Å². The average Bonchev–Trinajstić information content (AvgIpc) is 2.76. The highest BCUT2D eigenvalue weighted by Crippen LogP contribution is 2.05. The number of carbonyl (C=O) groups is 1. The molecule has 0 aliphatic rings. The van der Waals surface area contributed by atoms with Gasteiger partial charge in [-0.15, -0.1) is 0 Å². The molecule has 78 valence electrons. The van der Waals surface area contributed by atoms with Gasteiger partial charge in [0, 0.05) is 32.7 Å². The minimum absolute atomic E-state index is 0.156. The molecule has 2 aromatic rings. The number of aryl methyl sites for hydroxylation is 2. The number of nitrogens with one attached hydrogen (secondary N) is 1. The van der Waals surface area contributed by atoms with E-state index in [1.165, 1.54) is 0 Å². The second-order valence-electron chi connectivity index (χ2n) is 3.32. The van der Waals surface area contributed by atoms with Gasteiger partial charge in [-0.05, 0) is 12.1 Å². The van der Waals surface area contributed by atoms with Gasteiger partial charge in [0.25, 0.3) is 5.91 Å². The van der Waals surface area contributed by atoms with E-state index in [2.05, 4.69) is 10.3 Å². The smallest absolute Gasteiger partial charge is 0.274 e. The van der Waals surface area contributed by atoms with Gasteiger partial charge in [0.15, 0.2) is 0 Å². The molecule has 1 N–H and O–H groups in total. The highest BCUT2D eigenvalue weighted by atomic mass is 16.2. The van der Waals surface area contributed by atoms with Crippen molar-refractivity contribution in [2.24, 2.45) is 14.1 Å². The van der Waals surface area contributed by atoms with Crippen molar-refractivity contribution in [1.29, 1.82) is 0 Å². The number of hydrogen-bond donors (Lipinski definition) is 1. The maximum Gasteiger partial charge on any atom is 0.274 e. The van der Waals surface area contributed by atoms with Crippen LogP contribution in [0.2, 0.25) is 0 Å². The molecule has 0 aromatic carbocycles. The van der Waals surface area contributed by atoms with Gasteiger partial charge in [0.2, 0.25) is 5.95 Å². The number of nitrogens with zero attached hydrogens (tertiary/aromatic N) is 3. The number of carbonyl (C=O) groups excluding carboxylic acids is 1. The first-order valence-corrected chi connectivity index (χ1v) is 4.58. The summed E-state index contributed by atoms with van der Waals surface area (Å²) in [7, 11) is 3.65. The molecule has 0 aliphatic carbocycles. The third-order valence-electron chi connectivity index (χ3n) is 2.22. The van der Waals surface area contributed by atoms with Gasteiger partial charge in [-0.2, -0.15) is 0 Å². The lowest BCUT2D eigenvalue weighted by Crippen LogP contribution is -2.17. The van der Waals surface area contributed by atoms with Gasteiger partial charge in [0.1, 0.15) is 5.69 Å². The molecule has 5 heteroatoms. The van der Waals surface area contributed by atoms with E-state index in [0.717, 1.165) is 0 Å². The van der Waals surface area contributed by atoms with Crippen molar-refractivity contribution < 1.29 is 4.79 Å². The molecular formula is C10H12N4O. The third-order valence-corrected chi connectivity index (χ3v) is 2.22. The normalized spacial score (nSPS) is 10.3. The monoisotopic (exact) mass is 204 g/mol. The van der Waals surface area contributed by atoms with Crippen LogP contribution in [-0.2, 0) is 14.1 Å². The molecule has 5 nitrogen and oxygen atoms in total. The van der Waals surface area contributed by atoms with E-state index in [1.807, 2.05) is 26.4 Å². The molecule has 0 bridgehead atoms. The van der Waals surface area contributed by atoms with Crippen LogP contribution in [0.1, 0.15) is 10.5 Å². The van der Waals surface area contributed by atoms with Crippen molar-refractivity contribution in [3.63, 3.8) is 0 Å². The van der Waals surface area contributed by atoms with Crippen LogP contribution in [0.15, 0.2) is 30.7 Å². The summed E-state index contributed by atoms with van der Waals surface area (Å²) in [6, 6.07) is 3.59. The minimum atomic E-state index is -0.156. The molecule has 0 radical (unpaired) electrons. The Morgan fingerprint density at radius 1 is 1.33 bits per heavy atom. The van der Waals surface area contributed by atoms with Crippen molar-refractivity contribution in [3.8, 4) is 0 Å². The molecule has 2 aromatic heterocycles. The zero-order chi connectivity index (χ0) is 10.8. The Bertz CT molecular complexity index is 483. The van der Waals surface area contributed by atoms with E-state index < -0.39 is 0 Å². The van der Waals surface area contributed by atoms with Crippen molar-refractivity contribution in [2.45, 2.75) is 0 Å². The number of rotatable bonds is 2. The van der Waals surface area contributed by atoms with Crippen LogP contribution in [0, 0.1) is 0 Å². The fraction of sp³-hybridized carbons (Fsp3) is 0.200. The predicted molar refractivity (Wildman–Crippen MR) is 56.6 cm³/mol. The lowest BCUT2D eigenvalue weighted by molar-refractivity contribution is 0.101. The summed E-state index contributed by atoms with van der Waals surface area (Å²) in [6.07, 6.45) is 5.24. The van der Waals surface area contributed by atoms with E-state index in [0.29, 0.717) is 11.6 Å². The molecule has 0 saturated heterocycles. The Hall–Kier alpha value is -2.04. The van der Waals surface area contributed by atoms with Gasteiger partial charge in [-0.25, -0.2) is 4.98 Å². The van der Waals surface area contributed by atoms with Crippen LogP contribution in [0.3, 0.4) is 0 Å². The van der Waals surface area contributed by atoms with Crippen molar-refractivity contribution in [2.75, 3.05) is 5.32 Å². The first-order valence-electron chi connectivity index (χ1n) is 4.58. The summed E-state index contributed by atoms with van der Waals surface area (Å²) < 4.78 is 3.51. The molecule has 0 spiro atoms. The Kier molecular flexibility index (Phi) is 2.29. The van der Waals surface area contributed by atoms with E-state index in [4.69, 9.17) is 0 Å². The predicted octanol–water partition coefficient (Wildman–Crippen LogP) is 1.01. The Balaban J connectivity index is 2.18. The number of amides is 1. The van der Waals surface area contributed by atoms with Gasteiger partial charge < -0.3 is 9.13 Å². The van der Waals surface area contributed by atoms with Crippen molar-refractivity contribution in [1.82, 2.24) is 14.1 Å². The van der Waals surface area contributed by atoms with Gasteiger partial charge in [-0.3, -0.25) is 10.1 Å². The summed E-state index contributed by atoms with van der Waals surface area (Å²) in [5, 5.41) is 2.73. The lowest BCUT2D eigenvalue weighted by Gasteiger charge is -2.05. The Morgan fingerprint density at radius 3 is 2.67 bits per heavy atom. The zero-order valence-electron chi connectivity index (χ0n) is 8.64. The number of aromatic nitrogens is 3. The maximum absolute atomic E-state index is 11.8. The van der Waals surface area contributed by atoms with E-state index in [-0.39, 0.29) is 5.91 Å². The number of anilines is 1. The summed E-state index contributed by atoms with van der Waals surface area (Å²) in [5.74, 6) is 0.387. The van der Waals surface area contributed by atoms with E-state index >= 15 is 0 Å². The van der Waals surface area contributed by atoms with Crippen LogP contribution in [0.4, 0.5) is 5.95 Å². The van der Waals surface area contributed by atoms with E-state index in [9.17, 15) is 4.79 Å². The Morgan fingerprint density at radius 2 is 2.13 bits per heavy atom. The molecule has 0 atom stereocenters. The average molecular weight is 204 g/mol. The van der Waals surface area contributed by atoms with Gasteiger partial charge >= 0.3 is 0 Å². The van der Waals surface area contributed by atoms with Crippen LogP contribution >= 0.6 is 0 Å². The highest BCUT2D eigenvalue weighted by molar-refractivity contribution is 6.02. The summed E-state index contributed by atoms with van der Waals surface area (Å²) >= 11 is 0. The quantitative estimate of drug-likeness (QED) is 0.793. The van der Waals surface area contributed by atoms with Crippen LogP contribution in [-0.4, -0.2) is 20.0 Å². The fourth-order valence-electron chi connectivity index (χ4n) is 1.35. The summed E-state index contributed by atoms with van der Waals surface area (Å²) in [5.41, 5.74) is 0.609. The molecule has 2 rings (SSSR count). The van der Waals surface area contributed by atoms with Crippen LogP contribution in [0.25, 0.3) is 0 Å². The van der Waals surface area contributed by atoms with Gasteiger partial charge in [-0.1, -0.05) is 0 Å². The topological polar surface area (TPSA) is 51.9 Å².